The normalized spacial score (nSPS) is 10.4. The number of hydrogen-bond acceptors (Lipinski definition) is 5. The van der Waals surface area contributed by atoms with Crippen LogP contribution in [0, 0.1) is 6.92 Å². The molecule has 6 nitrogen and oxygen atoms in total. The molecule has 0 atom stereocenters. The number of nitrogens with two attached hydrogens (primary N) is 1. The Hall–Kier alpha value is -2.02. The Bertz CT molecular complexity index is 696. The maximum Gasteiger partial charge on any atom is 0.276 e. The van der Waals surface area contributed by atoms with Gasteiger partial charge in [0, 0.05) is 24.3 Å². The number of aromatic nitrogens is 2. The Labute approximate surface area is 125 Å². The number of anilines is 4. The number of aromatic amines is 1. The van der Waals surface area contributed by atoms with Crippen molar-refractivity contribution < 1.29 is 0 Å². The quantitative estimate of drug-likeness (QED) is 0.799. The summed E-state index contributed by atoms with van der Waals surface area (Å²) in [6, 6.07) is 5.83. The van der Waals surface area contributed by atoms with Crippen LogP contribution in [0.5, 0.6) is 0 Å². The molecule has 1 heterocycles. The van der Waals surface area contributed by atoms with Gasteiger partial charge in [-0.2, -0.15) is 0 Å². The van der Waals surface area contributed by atoms with Crippen LogP contribution >= 0.6 is 15.9 Å². The van der Waals surface area contributed by atoms with E-state index in [4.69, 9.17) is 5.73 Å². The third-order valence-corrected chi connectivity index (χ3v) is 3.45. The Balaban J connectivity index is 2.38. The Morgan fingerprint density at radius 2 is 2.10 bits per heavy atom. The maximum atomic E-state index is 11.6. The van der Waals surface area contributed by atoms with E-state index in [9.17, 15) is 4.79 Å². The molecule has 0 aliphatic rings. The predicted octanol–water partition coefficient (Wildman–Crippen LogP) is 2.23. The van der Waals surface area contributed by atoms with Crippen LogP contribution in [0.15, 0.2) is 27.5 Å². The molecule has 2 aromatic rings. The van der Waals surface area contributed by atoms with Gasteiger partial charge in [0.2, 0.25) is 0 Å². The summed E-state index contributed by atoms with van der Waals surface area (Å²) >= 11 is 3.49. The van der Waals surface area contributed by atoms with Crippen LogP contribution < -0.4 is 21.5 Å². The monoisotopic (exact) mass is 337 g/mol. The van der Waals surface area contributed by atoms with E-state index in [1.165, 1.54) is 0 Å². The Morgan fingerprint density at radius 3 is 2.70 bits per heavy atom. The lowest BCUT2D eigenvalue weighted by Crippen LogP contribution is -2.17. The van der Waals surface area contributed by atoms with Crippen molar-refractivity contribution in [3.8, 4) is 0 Å². The molecule has 20 heavy (non-hydrogen) atoms. The number of halogens is 1. The summed E-state index contributed by atoms with van der Waals surface area (Å²) in [6.07, 6.45) is 0. The lowest BCUT2D eigenvalue weighted by molar-refractivity contribution is 1.03. The zero-order chi connectivity index (χ0) is 14.9. The number of nitrogens with one attached hydrogen (secondary N) is 2. The van der Waals surface area contributed by atoms with Gasteiger partial charge in [-0.05, 0) is 41.1 Å². The third-order valence-electron chi connectivity index (χ3n) is 2.80. The summed E-state index contributed by atoms with van der Waals surface area (Å²) in [6.45, 7) is 1.70. The van der Waals surface area contributed by atoms with Gasteiger partial charge in [0.05, 0.1) is 5.69 Å². The minimum atomic E-state index is -0.346. The zero-order valence-corrected chi connectivity index (χ0v) is 13.1. The van der Waals surface area contributed by atoms with Crippen molar-refractivity contribution in [2.45, 2.75) is 6.92 Å². The largest absolute Gasteiger partial charge is 0.391 e. The molecule has 0 amide bonds. The minimum Gasteiger partial charge on any atom is -0.391 e. The van der Waals surface area contributed by atoms with Gasteiger partial charge in [-0.15, -0.1) is 0 Å². The van der Waals surface area contributed by atoms with Gasteiger partial charge in [0.25, 0.3) is 5.56 Å². The predicted molar refractivity (Wildman–Crippen MR) is 85.8 cm³/mol. The number of rotatable bonds is 3. The van der Waals surface area contributed by atoms with Crippen LogP contribution in [0.2, 0.25) is 0 Å². The fourth-order valence-corrected chi connectivity index (χ4v) is 2.17. The first kappa shape index (κ1) is 14.4. The van der Waals surface area contributed by atoms with Gasteiger partial charge in [0.1, 0.15) is 11.5 Å². The van der Waals surface area contributed by atoms with E-state index < -0.39 is 0 Å². The first-order valence-electron chi connectivity index (χ1n) is 5.99. The molecule has 0 aliphatic carbocycles. The van der Waals surface area contributed by atoms with Crippen LogP contribution in [0.25, 0.3) is 0 Å². The summed E-state index contributed by atoms with van der Waals surface area (Å²) in [5, 5.41) is 3.07. The molecule has 7 heteroatoms. The van der Waals surface area contributed by atoms with Crippen molar-refractivity contribution in [2.75, 3.05) is 30.0 Å². The second-order valence-electron chi connectivity index (χ2n) is 4.60. The molecule has 2 rings (SSSR count). The fourth-order valence-electron chi connectivity index (χ4n) is 1.70. The molecule has 4 N–H and O–H groups in total. The van der Waals surface area contributed by atoms with Crippen molar-refractivity contribution in [3.05, 3.63) is 38.9 Å². The maximum absolute atomic E-state index is 11.6. The van der Waals surface area contributed by atoms with E-state index in [1.807, 2.05) is 37.2 Å². The lowest BCUT2D eigenvalue weighted by atomic mass is 10.2. The van der Waals surface area contributed by atoms with Gasteiger partial charge in [-0.3, -0.25) is 4.79 Å². The molecule has 1 aromatic carbocycles. The Kier molecular flexibility index (Phi) is 3.99. The summed E-state index contributed by atoms with van der Waals surface area (Å²) in [5.41, 5.74) is 7.31. The number of H-pyrrole nitrogens is 1. The van der Waals surface area contributed by atoms with E-state index in [1.54, 1.807) is 6.92 Å². The van der Waals surface area contributed by atoms with E-state index in [-0.39, 0.29) is 11.2 Å². The number of nitrogen functional groups attached to an aromatic ring is 1. The topological polar surface area (TPSA) is 87.0 Å². The van der Waals surface area contributed by atoms with E-state index in [2.05, 4.69) is 31.2 Å². The number of benzene rings is 1. The average Bonchev–Trinajstić information content (AvgIpc) is 2.37. The highest BCUT2D eigenvalue weighted by atomic mass is 79.9. The van der Waals surface area contributed by atoms with Crippen molar-refractivity contribution in [2.24, 2.45) is 0 Å². The average molecular weight is 338 g/mol. The number of aryl methyl sites for hydroxylation is 1. The van der Waals surface area contributed by atoms with Gasteiger partial charge in [-0.1, -0.05) is 0 Å². The van der Waals surface area contributed by atoms with Crippen LogP contribution in [-0.4, -0.2) is 24.1 Å². The highest BCUT2D eigenvalue weighted by molar-refractivity contribution is 9.10. The number of hydrogen-bond donors (Lipinski definition) is 3. The van der Waals surface area contributed by atoms with Crippen molar-refractivity contribution >= 4 is 38.8 Å². The molecule has 0 radical (unpaired) electrons. The summed E-state index contributed by atoms with van der Waals surface area (Å²) in [4.78, 5) is 20.4. The second-order valence-corrected chi connectivity index (χ2v) is 5.45. The zero-order valence-electron chi connectivity index (χ0n) is 11.5. The number of nitrogens with zero attached hydrogens (tertiary/aromatic N) is 2. The molecule has 0 fully saturated rings. The van der Waals surface area contributed by atoms with Crippen LogP contribution in [0.4, 0.5) is 22.9 Å². The summed E-state index contributed by atoms with van der Waals surface area (Å²) in [7, 11) is 3.93. The first-order chi connectivity index (χ1) is 9.38. The summed E-state index contributed by atoms with van der Waals surface area (Å²) in [5.74, 6) is 0.859. The van der Waals surface area contributed by atoms with Crippen LogP contribution in [0.1, 0.15) is 5.82 Å². The van der Waals surface area contributed by atoms with E-state index in [0.717, 1.165) is 15.8 Å². The molecule has 0 saturated heterocycles. The Morgan fingerprint density at radius 1 is 1.40 bits per heavy atom. The third kappa shape index (κ3) is 2.93. The highest BCUT2D eigenvalue weighted by Crippen LogP contribution is 2.29. The molecular formula is C13H16BrN5O. The molecule has 106 valence electrons. The smallest absolute Gasteiger partial charge is 0.276 e. The van der Waals surface area contributed by atoms with Crippen molar-refractivity contribution in [3.63, 3.8) is 0 Å². The lowest BCUT2D eigenvalue weighted by Gasteiger charge is -2.15. The SMILES string of the molecule is Cc1nc(Nc2ccc(N(C)C)cc2Br)c(N)c(=O)[nH]1. The van der Waals surface area contributed by atoms with Gasteiger partial charge < -0.3 is 20.9 Å². The molecule has 0 saturated carbocycles. The minimum absolute atomic E-state index is 0.0687. The molecule has 0 aliphatic heterocycles. The standard InChI is InChI=1S/C13H16BrN5O/c1-7-16-12(11(15)13(20)17-7)18-10-5-4-8(19(2)3)6-9(10)14/h4-6H,15H2,1-3H3,(H2,16,17,18,20). The second kappa shape index (κ2) is 5.54. The molecular weight excluding hydrogens is 322 g/mol. The van der Waals surface area contributed by atoms with Crippen LogP contribution in [-0.2, 0) is 0 Å². The fraction of sp³-hybridized carbons (Fsp3) is 0.231. The molecule has 0 bridgehead atoms. The van der Waals surface area contributed by atoms with Crippen molar-refractivity contribution in [1.29, 1.82) is 0 Å². The van der Waals surface area contributed by atoms with Crippen molar-refractivity contribution in [1.82, 2.24) is 9.97 Å². The van der Waals surface area contributed by atoms with Gasteiger partial charge in [-0.25, -0.2) is 4.98 Å². The van der Waals surface area contributed by atoms with Gasteiger partial charge in [0.15, 0.2) is 5.82 Å². The van der Waals surface area contributed by atoms with E-state index in [0.29, 0.717) is 11.6 Å². The van der Waals surface area contributed by atoms with Crippen LogP contribution in [0.3, 0.4) is 0 Å². The molecule has 0 spiro atoms. The van der Waals surface area contributed by atoms with E-state index >= 15 is 0 Å². The van der Waals surface area contributed by atoms with Gasteiger partial charge >= 0.3 is 0 Å². The highest BCUT2D eigenvalue weighted by Gasteiger charge is 2.09. The summed E-state index contributed by atoms with van der Waals surface area (Å²) < 4.78 is 0.864. The molecule has 1 aromatic heterocycles. The molecule has 0 unspecified atom stereocenters. The first-order valence-corrected chi connectivity index (χ1v) is 6.78.